The minimum absolute atomic E-state index is 0.00717. The minimum atomic E-state index is -1.00. The van der Waals surface area contributed by atoms with Crippen LogP contribution in [-0.2, 0) is 16.0 Å². The van der Waals surface area contributed by atoms with Gasteiger partial charge in [0.1, 0.15) is 17.0 Å². The van der Waals surface area contributed by atoms with Crippen molar-refractivity contribution in [3.63, 3.8) is 0 Å². The molecule has 0 radical (unpaired) electrons. The van der Waals surface area contributed by atoms with E-state index in [1.165, 1.54) is 4.88 Å². The van der Waals surface area contributed by atoms with E-state index in [0.717, 1.165) is 37.2 Å². The molecule has 6 heteroatoms. The molecule has 0 unspecified atom stereocenters. The van der Waals surface area contributed by atoms with Crippen LogP contribution in [0.3, 0.4) is 0 Å². The second-order valence-corrected chi connectivity index (χ2v) is 11.5. The molecule has 2 aromatic heterocycles. The van der Waals surface area contributed by atoms with Crippen molar-refractivity contribution in [2.24, 2.45) is 0 Å². The number of ketones is 1. The number of carbonyl (C=O) groups is 1. The Morgan fingerprint density at radius 3 is 2.23 bits per heavy atom. The lowest BCUT2D eigenvalue weighted by Crippen LogP contribution is -2.49. The van der Waals surface area contributed by atoms with Crippen LogP contribution in [0.15, 0.2) is 48.2 Å². The summed E-state index contributed by atoms with van der Waals surface area (Å²) in [4.78, 5) is 16.7. The zero-order valence-electron chi connectivity index (χ0n) is 18.2. The molecule has 1 aliphatic rings. The Kier molecular flexibility index (Phi) is 5.67. The molecule has 0 bridgehead atoms. The van der Waals surface area contributed by atoms with Gasteiger partial charge < -0.3 is 9.84 Å². The van der Waals surface area contributed by atoms with Crippen molar-refractivity contribution in [3.05, 3.63) is 63.7 Å². The maximum Gasteiger partial charge on any atom is 0.198 e. The van der Waals surface area contributed by atoms with E-state index >= 15 is 0 Å². The van der Waals surface area contributed by atoms with Crippen LogP contribution in [0.25, 0.3) is 25.8 Å². The maximum atomic E-state index is 13.2. The van der Waals surface area contributed by atoms with Gasteiger partial charge in [-0.1, -0.05) is 30.7 Å². The molecular formula is C25H25ClO3S2. The molecule has 3 aromatic rings. The summed E-state index contributed by atoms with van der Waals surface area (Å²) >= 11 is 9.38. The van der Waals surface area contributed by atoms with E-state index in [-0.39, 0.29) is 11.5 Å². The Hall–Kier alpha value is -1.92. The Balaban J connectivity index is 1.78. The summed E-state index contributed by atoms with van der Waals surface area (Å²) in [5.41, 5.74) is 1.33. The zero-order valence-corrected chi connectivity index (χ0v) is 20.6. The molecule has 0 atom stereocenters. The first-order valence-corrected chi connectivity index (χ1v) is 12.2. The number of hydrogen-bond acceptors (Lipinski definition) is 5. The number of Topliss-reactive ketones (excluding diaryl/α,β-unsaturated/α-hetero) is 1. The quantitative estimate of drug-likeness (QED) is 0.421. The zero-order chi connectivity index (χ0) is 22.6. The smallest absolute Gasteiger partial charge is 0.198 e. The molecular weight excluding hydrogens is 448 g/mol. The molecule has 1 aromatic carbocycles. The van der Waals surface area contributed by atoms with Crippen LogP contribution >= 0.6 is 34.3 Å². The number of rotatable bonds is 4. The van der Waals surface area contributed by atoms with E-state index in [2.05, 4.69) is 25.1 Å². The third-order valence-corrected chi connectivity index (χ3v) is 8.11. The predicted molar refractivity (Wildman–Crippen MR) is 131 cm³/mol. The summed E-state index contributed by atoms with van der Waals surface area (Å²) in [5.74, 6) is -0.202. The molecule has 3 heterocycles. The number of aryl methyl sites for hydroxylation is 1. The molecule has 0 saturated carbocycles. The fourth-order valence-corrected chi connectivity index (χ4v) is 6.18. The highest BCUT2D eigenvalue weighted by Gasteiger charge is 2.47. The highest BCUT2D eigenvalue weighted by atomic mass is 35.5. The number of thiophene rings is 2. The molecule has 162 valence electrons. The second-order valence-electron chi connectivity index (χ2n) is 8.67. The highest BCUT2D eigenvalue weighted by molar-refractivity contribution is 7.25. The van der Waals surface area contributed by atoms with Gasteiger partial charge >= 0.3 is 0 Å². The van der Waals surface area contributed by atoms with Crippen molar-refractivity contribution in [3.8, 4) is 20.2 Å². The van der Waals surface area contributed by atoms with Crippen LogP contribution in [0.4, 0.5) is 0 Å². The van der Waals surface area contributed by atoms with Gasteiger partial charge in [-0.3, -0.25) is 4.79 Å². The second kappa shape index (κ2) is 7.89. The molecule has 0 aliphatic carbocycles. The van der Waals surface area contributed by atoms with E-state index in [9.17, 15) is 9.90 Å². The maximum absolute atomic E-state index is 13.2. The molecule has 0 fully saturated rings. The number of halogens is 1. The van der Waals surface area contributed by atoms with Gasteiger partial charge in [-0.15, -0.1) is 22.7 Å². The standard InChI is InChI=1S/C25H25ClO3S2/c1-6-14-13-15(17-9-10-18(30-17)19-11-12-20(26)31-19)7-8-16(14)21-22(27)24(2,3)29-25(4,5)23(21)28/h7-13,27H,6H2,1-5H3. The van der Waals surface area contributed by atoms with Crippen LogP contribution in [0.2, 0.25) is 4.34 Å². The molecule has 4 rings (SSSR count). The van der Waals surface area contributed by atoms with E-state index in [0.29, 0.717) is 5.57 Å². The van der Waals surface area contributed by atoms with Gasteiger partial charge in [-0.25, -0.2) is 0 Å². The van der Waals surface area contributed by atoms with Crippen molar-refractivity contribution in [2.45, 2.75) is 52.2 Å². The summed E-state index contributed by atoms with van der Waals surface area (Å²) in [6.07, 6.45) is 0.744. The van der Waals surface area contributed by atoms with Crippen LogP contribution in [0.5, 0.6) is 0 Å². The Labute approximate surface area is 196 Å². The molecule has 31 heavy (non-hydrogen) atoms. The summed E-state index contributed by atoms with van der Waals surface area (Å²) in [7, 11) is 0. The topological polar surface area (TPSA) is 46.5 Å². The van der Waals surface area contributed by atoms with E-state index in [4.69, 9.17) is 16.3 Å². The molecule has 0 saturated heterocycles. The first kappa shape index (κ1) is 22.3. The fourth-order valence-electron chi connectivity index (χ4n) is 4.05. The van der Waals surface area contributed by atoms with Crippen LogP contribution < -0.4 is 0 Å². The largest absolute Gasteiger partial charge is 0.508 e. The normalized spacial score (nSPS) is 17.9. The van der Waals surface area contributed by atoms with Crippen molar-refractivity contribution < 1.29 is 14.6 Å². The van der Waals surface area contributed by atoms with Gasteiger partial charge in [0.25, 0.3) is 0 Å². The van der Waals surface area contributed by atoms with Gasteiger partial charge in [0.2, 0.25) is 0 Å². The van der Waals surface area contributed by atoms with E-state index in [1.807, 2.05) is 24.3 Å². The SMILES string of the molecule is CCc1cc(-c2ccc(-c3ccc(Cl)s3)s2)ccc1C1=C(O)C(C)(C)OC(C)(C)C1=O. The number of ether oxygens (including phenoxy) is 1. The van der Waals surface area contributed by atoms with Gasteiger partial charge in [0, 0.05) is 14.6 Å². The van der Waals surface area contributed by atoms with Gasteiger partial charge in [-0.05, 0) is 81.1 Å². The van der Waals surface area contributed by atoms with Crippen molar-refractivity contribution in [1.29, 1.82) is 0 Å². The minimum Gasteiger partial charge on any atom is -0.508 e. The average molecular weight is 473 g/mol. The summed E-state index contributed by atoms with van der Waals surface area (Å²) in [5, 5.41) is 10.9. The van der Waals surface area contributed by atoms with Crippen LogP contribution in [-0.4, -0.2) is 22.1 Å². The lowest BCUT2D eigenvalue weighted by Gasteiger charge is -2.40. The number of aliphatic hydroxyl groups is 1. The molecule has 3 nitrogen and oxygen atoms in total. The summed E-state index contributed by atoms with van der Waals surface area (Å²) < 4.78 is 6.67. The monoisotopic (exact) mass is 472 g/mol. The number of hydrogen-bond donors (Lipinski definition) is 1. The van der Waals surface area contributed by atoms with Crippen molar-refractivity contribution in [1.82, 2.24) is 0 Å². The average Bonchev–Trinajstić information content (AvgIpc) is 3.35. The number of carbonyl (C=O) groups excluding carboxylic acids is 1. The lowest BCUT2D eigenvalue weighted by molar-refractivity contribution is -0.158. The van der Waals surface area contributed by atoms with Crippen molar-refractivity contribution >= 4 is 45.6 Å². The lowest BCUT2D eigenvalue weighted by atomic mass is 9.81. The molecule has 1 N–H and O–H groups in total. The number of aliphatic hydroxyl groups excluding tert-OH is 1. The third-order valence-electron chi connectivity index (χ3n) is 5.55. The van der Waals surface area contributed by atoms with Crippen molar-refractivity contribution in [2.75, 3.05) is 0 Å². The Bertz CT molecular complexity index is 1200. The highest BCUT2D eigenvalue weighted by Crippen LogP contribution is 2.43. The van der Waals surface area contributed by atoms with E-state index in [1.54, 1.807) is 50.4 Å². The third kappa shape index (κ3) is 4.00. The first-order valence-electron chi connectivity index (χ1n) is 10.2. The van der Waals surface area contributed by atoms with Crippen LogP contribution in [0, 0.1) is 0 Å². The van der Waals surface area contributed by atoms with Gasteiger partial charge in [-0.2, -0.15) is 0 Å². The number of benzene rings is 1. The Morgan fingerprint density at radius 1 is 0.935 bits per heavy atom. The predicted octanol–water partition coefficient (Wildman–Crippen LogP) is 7.79. The molecule has 1 aliphatic heterocycles. The van der Waals surface area contributed by atoms with Gasteiger partial charge in [0.15, 0.2) is 5.78 Å². The summed E-state index contributed by atoms with van der Waals surface area (Å²) in [6, 6.07) is 14.3. The van der Waals surface area contributed by atoms with Crippen LogP contribution in [0.1, 0.15) is 45.7 Å². The fraction of sp³-hybridized carbons (Fsp3) is 0.320. The Morgan fingerprint density at radius 2 is 1.58 bits per heavy atom. The van der Waals surface area contributed by atoms with E-state index < -0.39 is 11.2 Å². The molecule has 0 spiro atoms. The summed E-state index contributed by atoms with van der Waals surface area (Å²) in [6.45, 7) is 9.16. The van der Waals surface area contributed by atoms with Gasteiger partial charge in [0.05, 0.1) is 9.91 Å². The molecule has 0 amide bonds. The first-order chi connectivity index (χ1) is 14.5.